The summed E-state index contributed by atoms with van der Waals surface area (Å²) in [6.07, 6.45) is 6.05. The molecule has 1 saturated carbocycles. The van der Waals surface area contributed by atoms with Crippen LogP contribution in [0.5, 0.6) is 5.88 Å². The monoisotopic (exact) mass is 404 g/mol. The number of hydrogen-bond acceptors (Lipinski definition) is 8. The Kier molecular flexibility index (Phi) is 4.66. The van der Waals surface area contributed by atoms with Crippen LogP contribution in [0.1, 0.15) is 49.3 Å². The maximum absolute atomic E-state index is 12.7. The molecule has 4 rings (SSSR count). The highest BCUT2D eigenvalue weighted by atomic mass is 32.2. The van der Waals surface area contributed by atoms with Crippen LogP contribution in [0.3, 0.4) is 0 Å². The van der Waals surface area contributed by atoms with Crippen molar-refractivity contribution in [3.05, 3.63) is 45.6 Å². The Morgan fingerprint density at radius 1 is 1.11 bits per heavy atom. The maximum Gasteiger partial charge on any atom is 0.340 e. The highest BCUT2D eigenvalue weighted by Crippen LogP contribution is 2.46. The molecule has 2 aliphatic carbocycles. The molecule has 0 amide bonds. The average molecular weight is 404 g/mol. The van der Waals surface area contributed by atoms with Crippen molar-refractivity contribution in [3.8, 4) is 5.88 Å². The predicted octanol–water partition coefficient (Wildman–Crippen LogP) is 2.95. The number of anilines is 1. The van der Waals surface area contributed by atoms with E-state index < -0.39 is 15.0 Å². The zero-order valence-electron chi connectivity index (χ0n) is 15.1. The van der Waals surface area contributed by atoms with Gasteiger partial charge in [-0.05, 0) is 43.7 Å². The number of nitrogens with zero attached hydrogens (tertiary/aromatic N) is 3. The molecular weight excluding hydrogens is 384 g/mol. The fourth-order valence-electron chi connectivity index (χ4n) is 4.24. The third-order valence-electron chi connectivity index (χ3n) is 5.57. The highest BCUT2D eigenvalue weighted by molar-refractivity contribution is 7.87. The molecule has 28 heavy (non-hydrogen) atoms. The van der Waals surface area contributed by atoms with Crippen LogP contribution in [0, 0.1) is 16.0 Å². The first kappa shape index (κ1) is 18.6. The Balaban J connectivity index is 1.68. The average Bonchev–Trinajstić information content (AvgIpc) is 2.67. The zero-order chi connectivity index (χ0) is 19.9. The summed E-state index contributed by atoms with van der Waals surface area (Å²) < 4.78 is 30.7. The van der Waals surface area contributed by atoms with E-state index in [0.29, 0.717) is 17.9 Å². The van der Waals surface area contributed by atoms with E-state index in [2.05, 4.69) is 9.97 Å². The summed E-state index contributed by atoms with van der Waals surface area (Å²) in [5, 5.41) is 10.8. The van der Waals surface area contributed by atoms with Gasteiger partial charge in [-0.2, -0.15) is 13.4 Å². The van der Waals surface area contributed by atoms with Gasteiger partial charge in [0.1, 0.15) is 4.90 Å². The molecule has 10 heteroatoms. The molecule has 1 heterocycles. The third-order valence-corrected chi connectivity index (χ3v) is 6.80. The molecule has 9 nitrogen and oxygen atoms in total. The Morgan fingerprint density at radius 2 is 1.82 bits per heavy atom. The second-order valence-corrected chi connectivity index (χ2v) is 8.78. The van der Waals surface area contributed by atoms with Gasteiger partial charge in [0, 0.05) is 23.6 Å². The first-order chi connectivity index (χ1) is 13.3. The van der Waals surface area contributed by atoms with Gasteiger partial charge >= 0.3 is 10.1 Å². The van der Waals surface area contributed by atoms with E-state index in [-0.39, 0.29) is 28.3 Å². The number of non-ortho nitro benzene ring substituents is 1. The Bertz CT molecular complexity index is 1020. The second kappa shape index (κ2) is 7.01. The number of rotatable bonds is 4. The van der Waals surface area contributed by atoms with E-state index >= 15 is 0 Å². The fourth-order valence-corrected chi connectivity index (χ4v) is 5.15. The minimum absolute atomic E-state index is 0.0149. The molecule has 0 bridgehead atoms. The molecule has 2 aromatic rings. The van der Waals surface area contributed by atoms with Crippen LogP contribution in [0.25, 0.3) is 0 Å². The minimum atomic E-state index is -4.20. The van der Waals surface area contributed by atoms with Crippen molar-refractivity contribution in [1.82, 2.24) is 9.97 Å². The van der Waals surface area contributed by atoms with E-state index in [1.165, 1.54) is 6.42 Å². The SMILES string of the molecule is Nc1nc(OS(=O)(=O)c2ccc([N+](=O)[O-])cc2)c2c(n1)C1CCCCC1CC2. The lowest BCUT2D eigenvalue weighted by atomic mass is 9.70. The van der Waals surface area contributed by atoms with Gasteiger partial charge in [0.15, 0.2) is 0 Å². The van der Waals surface area contributed by atoms with Gasteiger partial charge in [-0.15, -0.1) is 0 Å². The molecule has 2 unspecified atom stereocenters. The predicted molar refractivity (Wildman–Crippen MR) is 100 cm³/mol. The quantitative estimate of drug-likeness (QED) is 0.466. The summed E-state index contributed by atoms with van der Waals surface area (Å²) >= 11 is 0. The van der Waals surface area contributed by atoms with E-state index in [1.54, 1.807) is 0 Å². The number of hydrogen-bond donors (Lipinski definition) is 1. The van der Waals surface area contributed by atoms with Crippen molar-refractivity contribution >= 4 is 21.8 Å². The Hall–Kier alpha value is -2.75. The van der Waals surface area contributed by atoms with Crippen molar-refractivity contribution < 1.29 is 17.5 Å². The lowest BCUT2D eigenvalue weighted by Crippen LogP contribution is -2.27. The maximum atomic E-state index is 12.7. The van der Waals surface area contributed by atoms with E-state index in [0.717, 1.165) is 55.6 Å². The molecule has 0 radical (unpaired) electrons. The molecule has 148 valence electrons. The van der Waals surface area contributed by atoms with Crippen molar-refractivity contribution in [2.45, 2.75) is 49.3 Å². The van der Waals surface area contributed by atoms with E-state index in [4.69, 9.17) is 9.92 Å². The number of nitrogen functional groups attached to an aromatic ring is 1. The molecule has 0 saturated heterocycles. The summed E-state index contributed by atoms with van der Waals surface area (Å²) in [6, 6.07) is 4.52. The van der Waals surface area contributed by atoms with E-state index in [1.807, 2.05) is 0 Å². The molecule has 0 aliphatic heterocycles. The lowest BCUT2D eigenvalue weighted by molar-refractivity contribution is -0.384. The topological polar surface area (TPSA) is 138 Å². The van der Waals surface area contributed by atoms with Crippen LogP contribution >= 0.6 is 0 Å². The normalized spacial score (nSPS) is 21.4. The van der Waals surface area contributed by atoms with Gasteiger partial charge in [-0.3, -0.25) is 10.1 Å². The summed E-state index contributed by atoms with van der Waals surface area (Å²) in [6.45, 7) is 0. The molecule has 0 spiro atoms. The lowest BCUT2D eigenvalue weighted by Gasteiger charge is -2.36. The van der Waals surface area contributed by atoms with Crippen LogP contribution in [-0.2, 0) is 16.5 Å². The van der Waals surface area contributed by atoms with E-state index in [9.17, 15) is 18.5 Å². The minimum Gasteiger partial charge on any atom is -0.368 e. The van der Waals surface area contributed by atoms with Crippen molar-refractivity contribution in [3.63, 3.8) is 0 Å². The zero-order valence-corrected chi connectivity index (χ0v) is 15.9. The second-order valence-electron chi connectivity index (χ2n) is 7.23. The number of aromatic nitrogens is 2. The molecule has 1 fully saturated rings. The number of nitrogens with two attached hydrogens (primary N) is 1. The third kappa shape index (κ3) is 3.39. The van der Waals surface area contributed by atoms with Gasteiger partial charge < -0.3 is 9.92 Å². The Morgan fingerprint density at radius 3 is 2.54 bits per heavy atom. The van der Waals surface area contributed by atoms with Crippen LogP contribution in [0.15, 0.2) is 29.2 Å². The largest absolute Gasteiger partial charge is 0.368 e. The summed E-state index contributed by atoms with van der Waals surface area (Å²) in [4.78, 5) is 18.4. The molecular formula is C18H20N4O5S. The number of benzene rings is 1. The molecule has 1 aromatic heterocycles. The van der Waals surface area contributed by atoms with Gasteiger partial charge in [-0.25, -0.2) is 4.98 Å². The number of fused-ring (bicyclic) bond motifs is 3. The van der Waals surface area contributed by atoms with Crippen molar-refractivity contribution in [2.75, 3.05) is 5.73 Å². The molecule has 2 aliphatic rings. The summed E-state index contributed by atoms with van der Waals surface area (Å²) in [7, 11) is -4.20. The van der Waals surface area contributed by atoms with Gasteiger partial charge in [0.2, 0.25) is 11.8 Å². The van der Waals surface area contributed by atoms with Crippen molar-refractivity contribution in [2.24, 2.45) is 5.92 Å². The highest BCUT2D eigenvalue weighted by Gasteiger charge is 2.36. The first-order valence-electron chi connectivity index (χ1n) is 9.20. The molecule has 2 N–H and O–H groups in total. The van der Waals surface area contributed by atoms with Crippen LogP contribution in [-0.4, -0.2) is 23.3 Å². The molecule has 2 atom stereocenters. The summed E-state index contributed by atoms with van der Waals surface area (Å²) in [5.41, 5.74) is 7.14. The summed E-state index contributed by atoms with van der Waals surface area (Å²) in [5.74, 6) is 0.741. The number of nitro groups is 1. The molecule has 1 aromatic carbocycles. The van der Waals surface area contributed by atoms with Gasteiger partial charge in [0.25, 0.3) is 5.69 Å². The smallest absolute Gasteiger partial charge is 0.340 e. The van der Waals surface area contributed by atoms with Crippen LogP contribution in [0.2, 0.25) is 0 Å². The van der Waals surface area contributed by atoms with Crippen LogP contribution < -0.4 is 9.92 Å². The van der Waals surface area contributed by atoms with Crippen molar-refractivity contribution in [1.29, 1.82) is 0 Å². The van der Waals surface area contributed by atoms with Gasteiger partial charge in [-0.1, -0.05) is 12.8 Å². The first-order valence-corrected chi connectivity index (χ1v) is 10.6. The van der Waals surface area contributed by atoms with Gasteiger partial charge in [0.05, 0.1) is 10.6 Å². The standard InChI is InChI=1S/C18H20N4O5S/c19-18-20-16-14-4-2-1-3-11(14)5-10-15(16)17(21-18)27-28(25,26)13-8-6-12(7-9-13)22(23)24/h6-9,11,14H,1-5,10H2,(H2,19,20,21). The number of nitro benzene ring substituents is 1. The fraction of sp³-hybridized carbons (Fsp3) is 0.444. The van der Waals surface area contributed by atoms with Crippen LogP contribution in [0.4, 0.5) is 11.6 Å². The Labute approximate surface area is 162 Å².